The van der Waals surface area contributed by atoms with E-state index >= 15 is 0 Å². The lowest BCUT2D eigenvalue weighted by molar-refractivity contribution is -0.0725. The molecule has 1 heterocycles. The Bertz CT molecular complexity index is 647. The molecule has 0 spiro atoms. The summed E-state index contributed by atoms with van der Waals surface area (Å²) in [5, 5.41) is 3.74. The molecule has 1 saturated heterocycles. The van der Waals surface area contributed by atoms with Crippen LogP contribution in [0.4, 0.5) is 0 Å². The first-order valence-electron chi connectivity index (χ1n) is 6.68. The first-order valence-corrected chi connectivity index (χ1v) is 9.38. The highest BCUT2D eigenvalue weighted by atomic mass is 32.2. The van der Waals surface area contributed by atoms with E-state index in [1.807, 2.05) is 30.3 Å². The molecule has 0 aliphatic carbocycles. The van der Waals surface area contributed by atoms with Gasteiger partial charge in [0.1, 0.15) is 11.5 Å². The Hall–Kier alpha value is -1.25. The van der Waals surface area contributed by atoms with Gasteiger partial charge in [0.25, 0.3) is 10.1 Å². The van der Waals surface area contributed by atoms with Crippen molar-refractivity contribution in [3.05, 3.63) is 40.8 Å². The summed E-state index contributed by atoms with van der Waals surface area (Å²) in [6, 6.07) is 9.10. The highest BCUT2D eigenvalue weighted by molar-refractivity contribution is 7.99. The van der Waals surface area contributed by atoms with E-state index in [9.17, 15) is 8.42 Å². The third-order valence-electron chi connectivity index (χ3n) is 3.15. The third kappa shape index (κ3) is 4.89. The minimum absolute atomic E-state index is 0.294. The van der Waals surface area contributed by atoms with Crippen molar-refractivity contribution in [3.63, 3.8) is 0 Å². The maximum atomic E-state index is 11.3. The highest BCUT2D eigenvalue weighted by Gasteiger charge is 2.38. The van der Waals surface area contributed by atoms with E-state index in [1.54, 1.807) is 6.92 Å². The second-order valence-electron chi connectivity index (χ2n) is 4.99. The summed E-state index contributed by atoms with van der Waals surface area (Å²) in [4.78, 5) is 3.82. The average Bonchev–Trinajstić information content (AvgIpc) is 2.43. The molecule has 0 unspecified atom stereocenters. The number of azide groups is 1. The van der Waals surface area contributed by atoms with Crippen LogP contribution in [0.2, 0.25) is 0 Å². The number of ether oxygens (including phenoxy) is 1. The van der Waals surface area contributed by atoms with E-state index < -0.39 is 28.4 Å². The van der Waals surface area contributed by atoms with Crippen molar-refractivity contribution in [1.82, 2.24) is 0 Å². The molecule has 0 radical (unpaired) electrons. The first-order chi connectivity index (χ1) is 10.4. The zero-order chi connectivity index (χ0) is 16.2. The quantitative estimate of drug-likeness (QED) is 0.354. The van der Waals surface area contributed by atoms with Crippen LogP contribution < -0.4 is 0 Å². The Morgan fingerprint density at radius 1 is 1.41 bits per heavy atom. The van der Waals surface area contributed by atoms with Crippen molar-refractivity contribution >= 4 is 21.9 Å². The van der Waals surface area contributed by atoms with Crippen LogP contribution in [-0.2, 0) is 19.0 Å². The molecule has 0 N–H and O–H groups in total. The van der Waals surface area contributed by atoms with E-state index in [-0.39, 0.29) is 5.44 Å². The molecule has 1 aromatic rings. The summed E-state index contributed by atoms with van der Waals surface area (Å²) in [6.45, 7) is 1.75. The lowest BCUT2D eigenvalue weighted by Gasteiger charge is -2.37. The average molecular weight is 343 g/mol. The van der Waals surface area contributed by atoms with Crippen molar-refractivity contribution in [2.45, 2.75) is 41.9 Å². The molecule has 7 nitrogen and oxygen atoms in total. The first kappa shape index (κ1) is 17.1. The van der Waals surface area contributed by atoms with E-state index in [1.165, 1.54) is 11.8 Å². The second-order valence-corrected chi connectivity index (χ2v) is 7.76. The lowest BCUT2D eigenvalue weighted by atomic mass is 10.0. The Morgan fingerprint density at radius 3 is 2.68 bits per heavy atom. The SMILES string of the molecule is C[C@H]1O[C@H](Sc2ccccc2)[C@H](N=[N+]=[N-])C[C@@H]1OS(C)(=O)=O. The van der Waals surface area contributed by atoms with Gasteiger partial charge in [0.15, 0.2) is 0 Å². The Kier molecular flexibility index (Phi) is 5.71. The fourth-order valence-electron chi connectivity index (χ4n) is 2.18. The van der Waals surface area contributed by atoms with Gasteiger partial charge in [-0.1, -0.05) is 35.1 Å². The highest BCUT2D eigenvalue weighted by Crippen LogP contribution is 2.35. The molecule has 1 aromatic carbocycles. The summed E-state index contributed by atoms with van der Waals surface area (Å²) < 4.78 is 33.4. The monoisotopic (exact) mass is 343 g/mol. The number of nitrogens with zero attached hydrogens (tertiary/aromatic N) is 3. The van der Waals surface area contributed by atoms with Gasteiger partial charge in [-0.05, 0) is 31.0 Å². The second kappa shape index (κ2) is 7.34. The molecule has 1 aliphatic heterocycles. The Balaban J connectivity index is 2.13. The standard InChI is InChI=1S/C13H17N3O4S2/c1-9-12(20-22(2,17)18)8-11(15-16-14)13(19-9)21-10-6-4-3-5-7-10/h3-7,9,11-13H,8H2,1-2H3/t9-,11-,12+,13-/m1/s1. The minimum atomic E-state index is -3.59. The van der Waals surface area contributed by atoms with Crippen molar-refractivity contribution in [2.75, 3.05) is 6.26 Å². The maximum Gasteiger partial charge on any atom is 0.264 e. The van der Waals surface area contributed by atoms with Crippen LogP contribution in [0, 0.1) is 0 Å². The van der Waals surface area contributed by atoms with E-state index in [4.69, 9.17) is 14.5 Å². The molecule has 0 saturated carbocycles. The van der Waals surface area contributed by atoms with E-state index in [0.29, 0.717) is 6.42 Å². The van der Waals surface area contributed by atoms with Gasteiger partial charge in [-0.25, -0.2) is 0 Å². The van der Waals surface area contributed by atoms with Crippen LogP contribution in [-0.4, -0.2) is 38.4 Å². The van der Waals surface area contributed by atoms with E-state index in [2.05, 4.69) is 10.0 Å². The summed E-state index contributed by atoms with van der Waals surface area (Å²) >= 11 is 1.44. The molecular formula is C13H17N3O4S2. The number of benzene rings is 1. The normalized spacial score (nSPS) is 28.8. The van der Waals surface area contributed by atoms with Gasteiger partial charge >= 0.3 is 0 Å². The third-order valence-corrected chi connectivity index (χ3v) is 4.95. The smallest absolute Gasteiger partial charge is 0.264 e. The van der Waals surface area contributed by atoms with Gasteiger partial charge < -0.3 is 4.74 Å². The summed E-state index contributed by atoms with van der Waals surface area (Å²) in [6.07, 6.45) is 0.217. The van der Waals surface area contributed by atoms with Gasteiger partial charge in [-0.2, -0.15) is 8.42 Å². The molecule has 1 aliphatic rings. The molecule has 4 atom stereocenters. The number of rotatable bonds is 5. The molecule has 22 heavy (non-hydrogen) atoms. The minimum Gasteiger partial charge on any atom is -0.361 e. The molecule has 0 bridgehead atoms. The van der Waals surface area contributed by atoms with Gasteiger partial charge in [-0.3, -0.25) is 4.18 Å². The molecule has 0 aromatic heterocycles. The van der Waals surface area contributed by atoms with Gasteiger partial charge in [0.2, 0.25) is 0 Å². The number of hydrogen-bond donors (Lipinski definition) is 0. The number of hydrogen-bond acceptors (Lipinski definition) is 6. The van der Waals surface area contributed by atoms with Crippen molar-refractivity contribution in [3.8, 4) is 0 Å². The Morgan fingerprint density at radius 2 is 2.09 bits per heavy atom. The summed E-state index contributed by atoms with van der Waals surface area (Å²) in [5.41, 5.74) is 8.34. The van der Waals surface area contributed by atoms with Crippen LogP contribution in [0.5, 0.6) is 0 Å². The molecule has 0 amide bonds. The van der Waals surface area contributed by atoms with Gasteiger partial charge in [0.05, 0.1) is 18.4 Å². The zero-order valence-electron chi connectivity index (χ0n) is 12.2. The number of thioether (sulfide) groups is 1. The van der Waals surface area contributed by atoms with Crippen LogP contribution in [0.15, 0.2) is 40.3 Å². The van der Waals surface area contributed by atoms with Crippen molar-refractivity contribution in [2.24, 2.45) is 5.11 Å². The summed E-state index contributed by atoms with van der Waals surface area (Å²) in [5.74, 6) is 0. The Labute approximate surface area is 133 Å². The topological polar surface area (TPSA) is 101 Å². The van der Waals surface area contributed by atoms with Crippen LogP contribution in [0.1, 0.15) is 13.3 Å². The molecule has 1 fully saturated rings. The fraction of sp³-hybridized carbons (Fsp3) is 0.538. The maximum absolute atomic E-state index is 11.3. The largest absolute Gasteiger partial charge is 0.361 e. The van der Waals surface area contributed by atoms with Crippen molar-refractivity contribution < 1.29 is 17.3 Å². The predicted octanol–water partition coefficient (Wildman–Crippen LogP) is 2.94. The van der Waals surface area contributed by atoms with E-state index in [0.717, 1.165) is 11.2 Å². The summed E-state index contributed by atoms with van der Waals surface area (Å²) in [7, 11) is -3.59. The fourth-order valence-corrected chi connectivity index (χ4v) is 4.00. The van der Waals surface area contributed by atoms with Gasteiger partial charge in [0, 0.05) is 9.81 Å². The lowest BCUT2D eigenvalue weighted by Crippen LogP contribution is -2.45. The van der Waals surface area contributed by atoms with Crippen molar-refractivity contribution in [1.29, 1.82) is 0 Å². The van der Waals surface area contributed by atoms with Gasteiger partial charge in [-0.15, -0.1) is 0 Å². The molecule has 2 rings (SSSR count). The van der Waals surface area contributed by atoms with Crippen LogP contribution >= 0.6 is 11.8 Å². The predicted molar refractivity (Wildman–Crippen MR) is 83.9 cm³/mol. The van der Waals surface area contributed by atoms with Crippen LogP contribution in [0.3, 0.4) is 0 Å². The molecular weight excluding hydrogens is 326 g/mol. The zero-order valence-corrected chi connectivity index (χ0v) is 13.8. The molecule has 9 heteroatoms. The molecule has 120 valence electrons. The van der Waals surface area contributed by atoms with Crippen LogP contribution in [0.25, 0.3) is 10.4 Å².